The number of carboxylic acids is 1. The van der Waals surface area contributed by atoms with Crippen LogP contribution in [0.25, 0.3) is 0 Å². The Balaban J connectivity index is 2.44. The van der Waals surface area contributed by atoms with Gasteiger partial charge in [0.1, 0.15) is 5.75 Å². The molecule has 1 atom stereocenters. The first kappa shape index (κ1) is 19.6. The first-order valence-electron chi connectivity index (χ1n) is 7.08. The lowest BCUT2D eigenvalue weighted by molar-refractivity contribution is -0.244. The van der Waals surface area contributed by atoms with Gasteiger partial charge < -0.3 is 15.6 Å². The van der Waals surface area contributed by atoms with Crippen molar-refractivity contribution in [1.29, 1.82) is 0 Å². The Morgan fingerprint density at radius 3 is 2.12 bits per heavy atom. The number of nitrogen functional groups attached to an aromatic ring is 1. The minimum atomic E-state index is -5.22. The molecule has 0 bridgehead atoms. The number of nitrogens with two attached hydrogens (primary N) is 1. The van der Waals surface area contributed by atoms with E-state index in [4.69, 9.17) is 10.8 Å². The minimum Gasteiger partial charge on any atom is -0.478 e. The summed E-state index contributed by atoms with van der Waals surface area (Å²) in [5.41, 5.74) is 1.61. The van der Waals surface area contributed by atoms with Crippen molar-refractivity contribution in [1.82, 2.24) is 0 Å². The van der Waals surface area contributed by atoms with Crippen molar-refractivity contribution in [3.8, 4) is 5.75 Å². The van der Waals surface area contributed by atoms with E-state index in [2.05, 4.69) is 4.74 Å². The number of benzene rings is 2. The molecule has 0 aliphatic rings. The van der Waals surface area contributed by atoms with E-state index in [9.17, 15) is 26.4 Å². The van der Waals surface area contributed by atoms with Gasteiger partial charge in [0.2, 0.25) is 9.84 Å². The molecular formula is C16H14F3NO5S. The van der Waals surface area contributed by atoms with Crippen molar-refractivity contribution < 1.29 is 36.2 Å². The number of anilines is 1. The lowest BCUT2D eigenvalue weighted by Crippen LogP contribution is -2.54. The van der Waals surface area contributed by atoms with E-state index in [0.717, 1.165) is 18.2 Å². The van der Waals surface area contributed by atoms with Gasteiger partial charge in [-0.05, 0) is 37.3 Å². The highest BCUT2D eigenvalue weighted by Gasteiger charge is 2.60. The molecule has 0 spiro atoms. The fourth-order valence-corrected chi connectivity index (χ4v) is 3.28. The molecule has 0 amide bonds. The van der Waals surface area contributed by atoms with Crippen LogP contribution in [0.3, 0.4) is 0 Å². The fraction of sp³-hybridized carbons (Fsp3) is 0.188. The average Bonchev–Trinajstić information content (AvgIpc) is 2.56. The van der Waals surface area contributed by atoms with Crippen LogP contribution in [0.2, 0.25) is 0 Å². The van der Waals surface area contributed by atoms with Gasteiger partial charge in [0.25, 0.3) is 5.60 Å². The molecule has 0 aliphatic heterocycles. The van der Waals surface area contributed by atoms with Gasteiger partial charge in [-0.2, -0.15) is 13.2 Å². The second-order valence-corrected chi connectivity index (χ2v) is 7.40. The molecule has 0 saturated carbocycles. The van der Waals surface area contributed by atoms with Crippen LogP contribution in [-0.2, 0) is 14.6 Å². The maximum atomic E-state index is 13.0. The van der Waals surface area contributed by atoms with E-state index in [1.165, 1.54) is 24.3 Å². The molecule has 26 heavy (non-hydrogen) atoms. The maximum Gasteiger partial charge on any atom is 0.439 e. The number of alkyl halides is 3. The number of ether oxygens (including phenoxy) is 1. The highest BCUT2D eigenvalue weighted by Crippen LogP contribution is 2.37. The van der Waals surface area contributed by atoms with Crippen molar-refractivity contribution in [3.63, 3.8) is 0 Å². The lowest BCUT2D eigenvalue weighted by atomic mass is 10.1. The Morgan fingerprint density at radius 1 is 1.08 bits per heavy atom. The van der Waals surface area contributed by atoms with Gasteiger partial charge in [-0.25, -0.2) is 13.2 Å². The normalized spacial score (nSPS) is 14.5. The Morgan fingerprint density at radius 2 is 1.65 bits per heavy atom. The van der Waals surface area contributed by atoms with Gasteiger partial charge >= 0.3 is 12.1 Å². The number of carboxylic acid groups (broad SMARTS) is 1. The number of halogens is 3. The monoisotopic (exact) mass is 389 g/mol. The smallest absolute Gasteiger partial charge is 0.439 e. The topological polar surface area (TPSA) is 107 Å². The predicted molar refractivity (Wildman–Crippen MR) is 85.5 cm³/mol. The van der Waals surface area contributed by atoms with Crippen LogP contribution in [-0.4, -0.2) is 31.3 Å². The number of sulfone groups is 1. The van der Waals surface area contributed by atoms with Gasteiger partial charge in [-0.15, -0.1) is 0 Å². The number of hydrogen-bond acceptors (Lipinski definition) is 5. The van der Waals surface area contributed by atoms with Crippen LogP contribution in [0, 0.1) is 0 Å². The molecule has 2 aromatic carbocycles. The summed E-state index contributed by atoms with van der Waals surface area (Å²) >= 11 is 0. The molecule has 0 saturated heterocycles. The Hall–Kier alpha value is -2.75. The number of hydrogen-bond donors (Lipinski definition) is 2. The zero-order chi connectivity index (χ0) is 19.8. The molecule has 1 unspecified atom stereocenters. The van der Waals surface area contributed by atoms with Crippen LogP contribution in [0.15, 0.2) is 58.3 Å². The Kier molecular flexibility index (Phi) is 4.91. The van der Waals surface area contributed by atoms with Crippen molar-refractivity contribution in [2.45, 2.75) is 28.5 Å². The van der Waals surface area contributed by atoms with Crippen LogP contribution >= 0.6 is 0 Å². The van der Waals surface area contributed by atoms with Crippen molar-refractivity contribution >= 4 is 21.5 Å². The molecule has 2 rings (SSSR count). The Labute approximate surface area is 146 Å². The summed E-state index contributed by atoms with van der Waals surface area (Å²) in [6, 6.07) is 10.1. The summed E-state index contributed by atoms with van der Waals surface area (Å²) in [4.78, 5) is 10.7. The SMILES string of the molecule is CC(Oc1ccc(S(=O)(=O)c2ccccc2)cc1N)(C(=O)O)C(F)(F)F. The molecule has 0 fully saturated rings. The molecular weight excluding hydrogens is 375 g/mol. The standard InChI is InChI=1S/C16H14F3NO5S/c1-15(14(21)22,16(17,18)19)25-13-8-7-11(9-12(13)20)26(23,24)10-5-3-2-4-6-10/h2-9H,20H2,1H3,(H,21,22). The summed E-state index contributed by atoms with van der Waals surface area (Å²) in [5, 5.41) is 8.87. The molecule has 0 aromatic heterocycles. The van der Waals surface area contributed by atoms with Gasteiger partial charge in [-0.1, -0.05) is 18.2 Å². The zero-order valence-electron chi connectivity index (χ0n) is 13.3. The van der Waals surface area contributed by atoms with Crippen LogP contribution in [0.1, 0.15) is 6.92 Å². The largest absolute Gasteiger partial charge is 0.478 e. The molecule has 0 radical (unpaired) electrons. The van der Waals surface area contributed by atoms with Crippen LogP contribution < -0.4 is 10.5 Å². The summed E-state index contributed by atoms with van der Waals surface area (Å²) in [5.74, 6) is -2.86. The van der Waals surface area contributed by atoms with Gasteiger partial charge in [-0.3, -0.25) is 0 Å². The molecule has 3 N–H and O–H groups in total. The van der Waals surface area contributed by atoms with E-state index < -0.39 is 39.0 Å². The second kappa shape index (κ2) is 6.52. The molecule has 140 valence electrons. The lowest BCUT2D eigenvalue weighted by Gasteiger charge is -2.29. The average molecular weight is 389 g/mol. The Bertz CT molecular complexity index is 929. The zero-order valence-corrected chi connectivity index (χ0v) is 14.1. The van der Waals surface area contributed by atoms with E-state index >= 15 is 0 Å². The highest BCUT2D eigenvalue weighted by molar-refractivity contribution is 7.91. The summed E-state index contributed by atoms with van der Waals surface area (Å²) in [6.07, 6.45) is -5.22. The summed E-state index contributed by atoms with van der Waals surface area (Å²) in [7, 11) is -3.94. The van der Waals surface area contributed by atoms with Gasteiger partial charge in [0.05, 0.1) is 15.5 Å². The van der Waals surface area contributed by atoms with Crippen molar-refractivity contribution in [2.75, 3.05) is 5.73 Å². The number of rotatable bonds is 5. The van der Waals surface area contributed by atoms with Gasteiger partial charge in [0, 0.05) is 0 Å². The molecule has 0 aliphatic carbocycles. The first-order chi connectivity index (χ1) is 11.9. The third kappa shape index (κ3) is 3.45. The third-order valence-corrected chi connectivity index (χ3v) is 5.38. The first-order valence-corrected chi connectivity index (χ1v) is 8.57. The minimum absolute atomic E-state index is 0.0289. The number of carbonyl (C=O) groups is 1. The second-order valence-electron chi connectivity index (χ2n) is 5.45. The number of aliphatic carboxylic acids is 1. The quantitative estimate of drug-likeness (QED) is 0.762. The third-order valence-electron chi connectivity index (χ3n) is 3.61. The van der Waals surface area contributed by atoms with Crippen LogP contribution in [0.4, 0.5) is 18.9 Å². The molecule has 0 heterocycles. The van der Waals surface area contributed by atoms with E-state index in [1.807, 2.05) is 0 Å². The molecule has 10 heteroatoms. The fourth-order valence-electron chi connectivity index (χ4n) is 1.97. The molecule has 6 nitrogen and oxygen atoms in total. The van der Waals surface area contributed by atoms with E-state index in [0.29, 0.717) is 6.92 Å². The van der Waals surface area contributed by atoms with Gasteiger partial charge in [0.15, 0.2) is 0 Å². The van der Waals surface area contributed by atoms with E-state index in [-0.39, 0.29) is 9.79 Å². The van der Waals surface area contributed by atoms with Crippen molar-refractivity contribution in [2.24, 2.45) is 0 Å². The van der Waals surface area contributed by atoms with Crippen LogP contribution in [0.5, 0.6) is 5.75 Å². The van der Waals surface area contributed by atoms with E-state index in [1.54, 1.807) is 6.07 Å². The molecule has 2 aromatic rings. The predicted octanol–water partition coefficient (Wildman–Crippen LogP) is 2.89. The maximum absolute atomic E-state index is 13.0. The highest BCUT2D eigenvalue weighted by atomic mass is 32.2. The summed E-state index contributed by atoms with van der Waals surface area (Å²) < 4.78 is 68.6. The summed E-state index contributed by atoms with van der Waals surface area (Å²) in [6.45, 7) is 0.337. The van der Waals surface area contributed by atoms with Crippen molar-refractivity contribution in [3.05, 3.63) is 48.5 Å².